The number of methoxy groups -OCH3 is 1. The zero-order valence-electron chi connectivity index (χ0n) is 13.3. The number of aryl methyl sites for hydroxylation is 1. The number of thioether (sulfide) groups is 1. The number of hydrogen-bond acceptors (Lipinski definition) is 6. The van der Waals surface area contributed by atoms with Crippen LogP contribution in [0.3, 0.4) is 0 Å². The van der Waals surface area contributed by atoms with Gasteiger partial charge in [-0.05, 0) is 31.2 Å². The lowest BCUT2D eigenvalue weighted by Crippen LogP contribution is -2.37. The van der Waals surface area contributed by atoms with Crippen molar-refractivity contribution in [2.45, 2.75) is 23.7 Å². The fourth-order valence-electron chi connectivity index (χ4n) is 1.89. The van der Waals surface area contributed by atoms with E-state index in [-0.39, 0.29) is 12.5 Å². The third-order valence-electron chi connectivity index (χ3n) is 3.18. The number of aromatic nitrogens is 1. The second kappa shape index (κ2) is 8.81. The van der Waals surface area contributed by atoms with E-state index in [0.29, 0.717) is 5.56 Å². The Bertz CT molecular complexity index is 700. The minimum atomic E-state index is -1.11. The first-order valence-corrected chi connectivity index (χ1v) is 9.03. The summed E-state index contributed by atoms with van der Waals surface area (Å²) < 4.78 is 4.77. The van der Waals surface area contributed by atoms with Crippen LogP contribution < -0.4 is 5.32 Å². The quantitative estimate of drug-likeness (QED) is 0.698. The molecule has 0 saturated heterocycles. The van der Waals surface area contributed by atoms with E-state index in [0.717, 1.165) is 21.3 Å². The van der Waals surface area contributed by atoms with Crippen LogP contribution in [0.25, 0.3) is 0 Å². The van der Waals surface area contributed by atoms with Crippen molar-refractivity contribution in [1.29, 1.82) is 0 Å². The van der Waals surface area contributed by atoms with Crippen molar-refractivity contribution in [3.05, 3.63) is 45.9 Å². The molecule has 0 aliphatic heterocycles. The summed E-state index contributed by atoms with van der Waals surface area (Å²) in [6.45, 7) is 1.90. The zero-order chi connectivity index (χ0) is 17.5. The molecule has 0 radical (unpaired) electrons. The maximum Gasteiger partial charge on any atom is 0.334 e. The van der Waals surface area contributed by atoms with Crippen LogP contribution in [0.1, 0.15) is 21.1 Å². The Morgan fingerprint density at radius 1 is 1.38 bits per heavy atom. The minimum absolute atomic E-state index is 0.0790. The second-order valence-corrected chi connectivity index (χ2v) is 7.05. The lowest BCUT2D eigenvalue weighted by molar-refractivity contribution is -0.148. The smallest absolute Gasteiger partial charge is 0.334 e. The summed E-state index contributed by atoms with van der Waals surface area (Å²) in [5.74, 6) is -0.656. The average Bonchev–Trinajstić information content (AvgIpc) is 2.99. The summed E-state index contributed by atoms with van der Waals surface area (Å²) in [7, 11) is 1.29. The molecule has 1 heterocycles. The second-order valence-electron chi connectivity index (χ2n) is 4.94. The summed E-state index contributed by atoms with van der Waals surface area (Å²) in [6.07, 6.45) is -1.05. The highest BCUT2D eigenvalue weighted by atomic mass is 32.2. The molecular weight excluding hydrogens is 348 g/mol. The van der Waals surface area contributed by atoms with Crippen molar-refractivity contribution in [2.24, 2.45) is 0 Å². The minimum Gasteiger partial charge on any atom is -0.479 e. The largest absolute Gasteiger partial charge is 0.479 e. The average molecular weight is 366 g/mol. The van der Waals surface area contributed by atoms with E-state index in [1.165, 1.54) is 7.11 Å². The number of amides is 1. The molecule has 2 rings (SSSR count). The predicted octanol–water partition coefficient (Wildman–Crippen LogP) is 2.57. The molecule has 8 heteroatoms. The van der Waals surface area contributed by atoms with Crippen LogP contribution in [0, 0.1) is 6.92 Å². The Labute approximate surface area is 148 Å². The van der Waals surface area contributed by atoms with Gasteiger partial charge in [-0.3, -0.25) is 4.79 Å². The standard InChI is InChI=1S/C16H18N2O4S2/c1-10-18-12(8-23-10)9-24-13-5-3-11(4-6-13)15(19)17-7-14(22-2)16(20)21/h3-6,8,14H,7,9H2,1-2H3,(H,17,19)(H,20,21). The first-order chi connectivity index (χ1) is 11.5. The molecule has 2 aromatic rings. The van der Waals surface area contributed by atoms with Gasteiger partial charge in [0.05, 0.1) is 17.2 Å². The molecule has 0 saturated carbocycles. The molecule has 0 aliphatic rings. The number of ether oxygens (including phenoxy) is 1. The van der Waals surface area contributed by atoms with Crippen LogP contribution in [0.5, 0.6) is 0 Å². The Morgan fingerprint density at radius 2 is 2.08 bits per heavy atom. The van der Waals surface area contributed by atoms with Crippen molar-refractivity contribution < 1.29 is 19.4 Å². The maximum atomic E-state index is 12.0. The highest BCUT2D eigenvalue weighted by molar-refractivity contribution is 7.98. The molecule has 1 aromatic heterocycles. The van der Waals surface area contributed by atoms with Gasteiger partial charge in [0.25, 0.3) is 5.91 Å². The third-order valence-corrected chi connectivity index (χ3v) is 5.05. The monoisotopic (exact) mass is 366 g/mol. The Balaban J connectivity index is 1.86. The molecule has 2 N–H and O–H groups in total. The summed E-state index contributed by atoms with van der Waals surface area (Å²) in [6, 6.07) is 7.16. The van der Waals surface area contributed by atoms with Crippen LogP contribution in [-0.4, -0.2) is 41.7 Å². The first kappa shape index (κ1) is 18.4. The van der Waals surface area contributed by atoms with Crippen molar-refractivity contribution in [2.75, 3.05) is 13.7 Å². The fraction of sp³-hybridized carbons (Fsp3) is 0.312. The van der Waals surface area contributed by atoms with Gasteiger partial charge in [-0.1, -0.05) is 0 Å². The van der Waals surface area contributed by atoms with Gasteiger partial charge in [0, 0.05) is 28.7 Å². The molecule has 1 unspecified atom stereocenters. The van der Waals surface area contributed by atoms with Crippen LogP contribution in [-0.2, 0) is 15.3 Å². The van der Waals surface area contributed by atoms with Crippen molar-refractivity contribution in [1.82, 2.24) is 10.3 Å². The van der Waals surface area contributed by atoms with Gasteiger partial charge in [-0.2, -0.15) is 0 Å². The molecule has 24 heavy (non-hydrogen) atoms. The molecule has 1 atom stereocenters. The number of carboxylic acids is 1. The molecular formula is C16H18N2O4S2. The highest BCUT2D eigenvalue weighted by Crippen LogP contribution is 2.23. The van der Waals surface area contributed by atoms with Crippen LogP contribution >= 0.6 is 23.1 Å². The Hall–Kier alpha value is -1.90. The number of thiazole rings is 1. The Kier molecular flexibility index (Phi) is 6.77. The van der Waals surface area contributed by atoms with Gasteiger partial charge in [-0.25, -0.2) is 9.78 Å². The molecule has 0 bridgehead atoms. The van der Waals surface area contributed by atoms with Gasteiger partial charge in [0.1, 0.15) is 0 Å². The SMILES string of the molecule is COC(CNC(=O)c1ccc(SCc2csc(C)n2)cc1)C(=O)O. The predicted molar refractivity (Wildman–Crippen MR) is 93.6 cm³/mol. The number of nitrogens with one attached hydrogen (secondary N) is 1. The number of benzene rings is 1. The van der Waals surface area contributed by atoms with Crippen molar-refractivity contribution in [3.8, 4) is 0 Å². The van der Waals surface area contributed by atoms with Gasteiger partial charge in [-0.15, -0.1) is 23.1 Å². The summed E-state index contributed by atoms with van der Waals surface area (Å²) >= 11 is 3.28. The molecule has 1 aromatic carbocycles. The molecule has 0 aliphatic carbocycles. The third kappa shape index (κ3) is 5.33. The maximum absolute atomic E-state index is 12.0. The highest BCUT2D eigenvalue weighted by Gasteiger charge is 2.17. The first-order valence-electron chi connectivity index (χ1n) is 7.17. The summed E-state index contributed by atoms with van der Waals surface area (Å²) in [5.41, 5.74) is 1.52. The lowest BCUT2D eigenvalue weighted by Gasteiger charge is -2.11. The van der Waals surface area contributed by atoms with E-state index in [4.69, 9.17) is 9.84 Å². The molecule has 0 spiro atoms. The van der Waals surface area contributed by atoms with Gasteiger partial charge < -0.3 is 15.2 Å². The normalized spacial score (nSPS) is 11.9. The summed E-state index contributed by atoms with van der Waals surface area (Å²) in [4.78, 5) is 28.3. The molecule has 1 amide bonds. The fourth-order valence-corrected chi connectivity index (χ4v) is 3.40. The van der Waals surface area contributed by atoms with E-state index in [1.807, 2.05) is 24.4 Å². The number of carbonyl (C=O) groups is 2. The van der Waals surface area contributed by atoms with E-state index in [2.05, 4.69) is 10.3 Å². The number of hydrogen-bond donors (Lipinski definition) is 2. The van der Waals surface area contributed by atoms with Gasteiger partial charge in [0.15, 0.2) is 6.10 Å². The van der Waals surface area contributed by atoms with Crippen molar-refractivity contribution >= 4 is 35.0 Å². The molecule has 128 valence electrons. The summed E-state index contributed by atoms with van der Waals surface area (Å²) in [5, 5.41) is 14.5. The van der Waals surface area contributed by atoms with E-state index in [1.54, 1.807) is 35.2 Å². The van der Waals surface area contributed by atoms with Gasteiger partial charge in [0.2, 0.25) is 0 Å². The van der Waals surface area contributed by atoms with E-state index in [9.17, 15) is 9.59 Å². The topological polar surface area (TPSA) is 88.5 Å². The van der Waals surface area contributed by atoms with Crippen molar-refractivity contribution in [3.63, 3.8) is 0 Å². The van der Waals surface area contributed by atoms with Crippen LogP contribution in [0.15, 0.2) is 34.5 Å². The zero-order valence-corrected chi connectivity index (χ0v) is 14.9. The molecule has 0 fully saturated rings. The lowest BCUT2D eigenvalue weighted by atomic mass is 10.2. The number of carboxylic acid groups (broad SMARTS) is 1. The number of carbonyl (C=O) groups excluding carboxylic acids is 1. The Morgan fingerprint density at radius 3 is 2.62 bits per heavy atom. The number of aliphatic carboxylic acids is 1. The van der Waals surface area contributed by atoms with Gasteiger partial charge >= 0.3 is 5.97 Å². The van der Waals surface area contributed by atoms with Crippen LogP contribution in [0.2, 0.25) is 0 Å². The van der Waals surface area contributed by atoms with E-state index >= 15 is 0 Å². The molecule has 6 nitrogen and oxygen atoms in total. The van der Waals surface area contributed by atoms with E-state index < -0.39 is 12.1 Å². The number of nitrogens with zero attached hydrogens (tertiary/aromatic N) is 1. The number of rotatable bonds is 8. The van der Waals surface area contributed by atoms with Crippen LogP contribution in [0.4, 0.5) is 0 Å².